The van der Waals surface area contributed by atoms with Gasteiger partial charge in [-0.1, -0.05) is 36.4 Å². The number of aliphatic hydroxyl groups is 1. The SMILES string of the molecule is CCN(CCO)c1nc(-c2ccccn2)nc2scc(-c3ccccc3)c12. The number of anilines is 1. The van der Waals surface area contributed by atoms with E-state index < -0.39 is 0 Å². The third kappa shape index (κ3) is 3.41. The molecular formula is C21H20N4OS. The molecule has 27 heavy (non-hydrogen) atoms. The predicted octanol–water partition coefficient (Wildman–Crippen LogP) is 4.24. The van der Waals surface area contributed by atoms with Gasteiger partial charge in [0.2, 0.25) is 0 Å². The van der Waals surface area contributed by atoms with E-state index in [9.17, 15) is 5.11 Å². The number of rotatable bonds is 6. The van der Waals surface area contributed by atoms with Gasteiger partial charge in [-0.2, -0.15) is 0 Å². The molecule has 0 atom stereocenters. The fraction of sp³-hybridized carbons (Fsp3) is 0.190. The summed E-state index contributed by atoms with van der Waals surface area (Å²) in [7, 11) is 0. The molecule has 1 N–H and O–H groups in total. The van der Waals surface area contributed by atoms with E-state index in [4.69, 9.17) is 9.97 Å². The number of aromatic nitrogens is 3. The van der Waals surface area contributed by atoms with E-state index in [1.165, 1.54) is 0 Å². The van der Waals surface area contributed by atoms with Crippen molar-refractivity contribution in [3.63, 3.8) is 0 Å². The lowest BCUT2D eigenvalue weighted by molar-refractivity contribution is 0.302. The maximum Gasteiger partial charge on any atom is 0.181 e. The monoisotopic (exact) mass is 376 g/mol. The molecule has 0 fully saturated rings. The van der Waals surface area contributed by atoms with E-state index in [0.29, 0.717) is 12.4 Å². The number of hydrogen-bond donors (Lipinski definition) is 1. The summed E-state index contributed by atoms with van der Waals surface area (Å²) in [4.78, 5) is 17.1. The van der Waals surface area contributed by atoms with Crippen LogP contribution in [0.3, 0.4) is 0 Å². The molecule has 0 aliphatic heterocycles. The smallest absolute Gasteiger partial charge is 0.181 e. The van der Waals surface area contributed by atoms with Crippen LogP contribution in [0.25, 0.3) is 32.9 Å². The van der Waals surface area contributed by atoms with Gasteiger partial charge in [-0.15, -0.1) is 11.3 Å². The van der Waals surface area contributed by atoms with Crippen LogP contribution in [0.1, 0.15) is 6.92 Å². The third-order valence-corrected chi connectivity index (χ3v) is 5.32. The van der Waals surface area contributed by atoms with Crippen molar-refractivity contribution in [3.05, 3.63) is 60.1 Å². The van der Waals surface area contributed by atoms with E-state index in [0.717, 1.165) is 39.4 Å². The van der Waals surface area contributed by atoms with Gasteiger partial charge in [-0.05, 0) is 24.6 Å². The molecule has 0 aliphatic rings. The predicted molar refractivity (Wildman–Crippen MR) is 111 cm³/mol. The molecular weight excluding hydrogens is 356 g/mol. The number of hydrogen-bond acceptors (Lipinski definition) is 6. The Morgan fingerprint density at radius 3 is 2.56 bits per heavy atom. The quantitative estimate of drug-likeness (QED) is 0.545. The first-order chi connectivity index (χ1) is 13.3. The van der Waals surface area contributed by atoms with E-state index in [2.05, 4.69) is 34.3 Å². The number of fused-ring (bicyclic) bond motifs is 1. The van der Waals surface area contributed by atoms with E-state index in [1.807, 2.05) is 36.4 Å². The van der Waals surface area contributed by atoms with E-state index in [1.54, 1.807) is 17.5 Å². The van der Waals surface area contributed by atoms with Gasteiger partial charge in [0, 0.05) is 30.2 Å². The molecule has 0 unspecified atom stereocenters. The lowest BCUT2D eigenvalue weighted by atomic mass is 10.1. The van der Waals surface area contributed by atoms with Gasteiger partial charge in [0.15, 0.2) is 5.82 Å². The van der Waals surface area contributed by atoms with Gasteiger partial charge in [0.25, 0.3) is 0 Å². The van der Waals surface area contributed by atoms with Crippen LogP contribution >= 0.6 is 11.3 Å². The van der Waals surface area contributed by atoms with Crippen molar-refractivity contribution in [1.82, 2.24) is 15.0 Å². The molecule has 4 rings (SSSR count). The Kier molecular flexibility index (Phi) is 5.09. The van der Waals surface area contributed by atoms with Crippen molar-refractivity contribution in [2.24, 2.45) is 0 Å². The number of thiophene rings is 1. The summed E-state index contributed by atoms with van der Waals surface area (Å²) in [5.41, 5.74) is 3.00. The molecule has 0 bridgehead atoms. The summed E-state index contributed by atoms with van der Waals surface area (Å²) in [6.07, 6.45) is 1.75. The average molecular weight is 376 g/mol. The minimum absolute atomic E-state index is 0.0725. The van der Waals surface area contributed by atoms with Gasteiger partial charge in [-0.25, -0.2) is 9.97 Å². The highest BCUT2D eigenvalue weighted by Crippen LogP contribution is 2.39. The first kappa shape index (κ1) is 17.6. The van der Waals surface area contributed by atoms with Crippen LogP contribution < -0.4 is 4.90 Å². The minimum atomic E-state index is 0.0725. The van der Waals surface area contributed by atoms with Crippen LogP contribution in [0.2, 0.25) is 0 Å². The van der Waals surface area contributed by atoms with E-state index in [-0.39, 0.29) is 6.61 Å². The van der Waals surface area contributed by atoms with Crippen LogP contribution in [0, 0.1) is 0 Å². The average Bonchev–Trinajstić information content (AvgIpc) is 3.17. The number of nitrogens with zero attached hydrogens (tertiary/aromatic N) is 4. The number of pyridine rings is 1. The standard InChI is InChI=1S/C21H20N4OS/c1-2-25(12-13-26)20-18-16(15-8-4-3-5-9-15)14-27-21(18)24-19(23-20)17-10-6-7-11-22-17/h3-11,14,26H,2,12-13H2,1H3. The number of aliphatic hydroxyl groups excluding tert-OH is 1. The Bertz CT molecular complexity index is 1030. The van der Waals surface area contributed by atoms with Gasteiger partial charge < -0.3 is 10.0 Å². The molecule has 3 aromatic heterocycles. The van der Waals surface area contributed by atoms with Gasteiger partial charge in [-0.3, -0.25) is 4.98 Å². The molecule has 0 radical (unpaired) electrons. The second-order valence-electron chi connectivity index (χ2n) is 6.08. The fourth-order valence-corrected chi connectivity index (χ4v) is 4.07. The van der Waals surface area contributed by atoms with Crippen LogP contribution in [0.15, 0.2) is 60.1 Å². The first-order valence-electron chi connectivity index (χ1n) is 8.93. The summed E-state index contributed by atoms with van der Waals surface area (Å²) >= 11 is 1.61. The summed E-state index contributed by atoms with van der Waals surface area (Å²) in [6.45, 7) is 3.41. The Labute approximate surface area is 162 Å². The van der Waals surface area contributed by atoms with Crippen LogP contribution in [-0.4, -0.2) is 39.8 Å². The molecule has 136 valence electrons. The summed E-state index contributed by atoms with van der Waals surface area (Å²) in [5.74, 6) is 1.45. The molecule has 0 spiro atoms. The zero-order valence-electron chi connectivity index (χ0n) is 15.0. The first-order valence-corrected chi connectivity index (χ1v) is 9.81. The number of benzene rings is 1. The normalized spacial score (nSPS) is 11.0. The molecule has 4 aromatic rings. The molecule has 0 aliphatic carbocycles. The zero-order chi connectivity index (χ0) is 18.6. The van der Waals surface area contributed by atoms with Gasteiger partial charge in [0.1, 0.15) is 16.3 Å². The summed E-state index contributed by atoms with van der Waals surface area (Å²) in [5, 5.41) is 12.7. The molecule has 0 saturated carbocycles. The van der Waals surface area contributed by atoms with Crippen molar-refractivity contribution in [2.75, 3.05) is 24.6 Å². The summed E-state index contributed by atoms with van der Waals surface area (Å²) < 4.78 is 0. The van der Waals surface area contributed by atoms with Crippen molar-refractivity contribution in [3.8, 4) is 22.6 Å². The summed E-state index contributed by atoms with van der Waals surface area (Å²) in [6, 6.07) is 16.0. The lowest BCUT2D eigenvalue weighted by Crippen LogP contribution is -2.27. The van der Waals surface area contributed by atoms with Crippen molar-refractivity contribution in [2.45, 2.75) is 6.92 Å². The second kappa shape index (κ2) is 7.82. The largest absolute Gasteiger partial charge is 0.395 e. The maximum atomic E-state index is 9.53. The molecule has 3 heterocycles. The Balaban J connectivity index is 1.97. The highest BCUT2D eigenvalue weighted by Gasteiger charge is 2.19. The molecule has 6 heteroatoms. The molecule has 5 nitrogen and oxygen atoms in total. The maximum absolute atomic E-state index is 9.53. The highest BCUT2D eigenvalue weighted by molar-refractivity contribution is 7.17. The fourth-order valence-electron chi connectivity index (χ4n) is 3.13. The third-order valence-electron chi connectivity index (χ3n) is 4.44. The van der Waals surface area contributed by atoms with Crippen molar-refractivity contribution in [1.29, 1.82) is 0 Å². The Morgan fingerprint density at radius 2 is 1.85 bits per heavy atom. The van der Waals surface area contributed by atoms with Gasteiger partial charge >= 0.3 is 0 Å². The van der Waals surface area contributed by atoms with Crippen molar-refractivity contribution >= 4 is 27.4 Å². The zero-order valence-corrected chi connectivity index (χ0v) is 15.9. The molecule has 1 aromatic carbocycles. The van der Waals surface area contributed by atoms with Crippen LogP contribution in [0.5, 0.6) is 0 Å². The lowest BCUT2D eigenvalue weighted by Gasteiger charge is -2.22. The van der Waals surface area contributed by atoms with Gasteiger partial charge in [0.05, 0.1) is 12.0 Å². The van der Waals surface area contributed by atoms with Crippen molar-refractivity contribution < 1.29 is 5.11 Å². The molecule has 0 amide bonds. The highest BCUT2D eigenvalue weighted by atomic mass is 32.1. The van der Waals surface area contributed by atoms with Crippen LogP contribution in [0.4, 0.5) is 5.82 Å². The second-order valence-corrected chi connectivity index (χ2v) is 6.94. The minimum Gasteiger partial charge on any atom is -0.395 e. The Morgan fingerprint density at radius 1 is 1.04 bits per heavy atom. The number of likely N-dealkylation sites (N-methyl/N-ethyl adjacent to an activating group) is 1. The topological polar surface area (TPSA) is 62.1 Å². The Hall–Kier alpha value is -2.83. The van der Waals surface area contributed by atoms with E-state index >= 15 is 0 Å². The van der Waals surface area contributed by atoms with Crippen LogP contribution in [-0.2, 0) is 0 Å². The molecule has 0 saturated heterocycles.